The van der Waals surface area contributed by atoms with Gasteiger partial charge in [-0.15, -0.1) is 0 Å². The summed E-state index contributed by atoms with van der Waals surface area (Å²) in [5.41, 5.74) is 3.15. The van der Waals surface area contributed by atoms with Gasteiger partial charge in [-0.25, -0.2) is 9.78 Å². The fourth-order valence-corrected chi connectivity index (χ4v) is 3.37. The molecule has 0 radical (unpaired) electrons. The summed E-state index contributed by atoms with van der Waals surface area (Å²) in [4.78, 5) is 28.7. The molecule has 0 aliphatic heterocycles. The lowest BCUT2D eigenvalue weighted by Crippen LogP contribution is -2.30. The van der Waals surface area contributed by atoms with E-state index < -0.39 is 11.2 Å². The molecule has 6 nitrogen and oxygen atoms in total. The molecule has 0 spiro atoms. The highest BCUT2D eigenvalue weighted by atomic mass is 32.2. The topological polar surface area (TPSA) is 92.1 Å². The number of hydrogen-bond acceptors (Lipinski definition) is 6. The zero-order valence-corrected chi connectivity index (χ0v) is 17.2. The molecule has 1 N–H and O–H groups in total. The van der Waals surface area contributed by atoms with Gasteiger partial charge in [0.05, 0.1) is 28.7 Å². The number of carbonyl (C=O) groups is 2. The van der Waals surface area contributed by atoms with E-state index in [9.17, 15) is 14.9 Å². The van der Waals surface area contributed by atoms with E-state index in [1.165, 1.54) is 17.8 Å². The molecule has 0 aliphatic rings. The van der Waals surface area contributed by atoms with Crippen molar-refractivity contribution in [3.05, 3.63) is 58.3 Å². The average Bonchev–Trinajstić information content (AvgIpc) is 2.67. The number of rotatable bonds is 7. The van der Waals surface area contributed by atoms with Crippen molar-refractivity contribution in [2.24, 2.45) is 0 Å². The number of nitrogens with one attached hydrogen (secondary N) is 1. The molecule has 0 aliphatic carbocycles. The molecule has 1 heterocycles. The third-order valence-electron chi connectivity index (χ3n) is 4.04. The van der Waals surface area contributed by atoms with Crippen LogP contribution in [0, 0.1) is 25.2 Å². The SMILES string of the molecule is CCOC(=O)c1cc(C#N)c(S[C@@H](C)C(=O)NCc2ccc(C)cc2)nc1C. The van der Waals surface area contributed by atoms with Crippen LogP contribution >= 0.6 is 11.8 Å². The fourth-order valence-electron chi connectivity index (χ4n) is 2.43. The molecule has 0 unspecified atom stereocenters. The Morgan fingerprint density at radius 2 is 1.96 bits per heavy atom. The quantitative estimate of drug-likeness (QED) is 0.567. The molecule has 0 saturated heterocycles. The van der Waals surface area contributed by atoms with E-state index in [0.29, 0.717) is 17.3 Å². The second kappa shape index (κ2) is 9.90. The Labute approximate surface area is 169 Å². The van der Waals surface area contributed by atoms with Crippen molar-refractivity contribution in [2.75, 3.05) is 6.61 Å². The number of aromatic nitrogens is 1. The molecule has 0 fully saturated rings. The monoisotopic (exact) mass is 397 g/mol. The molecule has 7 heteroatoms. The van der Waals surface area contributed by atoms with Gasteiger partial charge in [0.1, 0.15) is 11.1 Å². The number of amides is 1. The van der Waals surface area contributed by atoms with Gasteiger partial charge < -0.3 is 10.1 Å². The van der Waals surface area contributed by atoms with E-state index in [4.69, 9.17) is 4.74 Å². The highest BCUT2D eigenvalue weighted by Gasteiger charge is 2.20. The van der Waals surface area contributed by atoms with Crippen molar-refractivity contribution in [3.8, 4) is 6.07 Å². The predicted molar refractivity (Wildman–Crippen MR) is 108 cm³/mol. The van der Waals surface area contributed by atoms with Crippen LogP contribution in [0.1, 0.15) is 46.6 Å². The zero-order valence-electron chi connectivity index (χ0n) is 16.4. The minimum absolute atomic E-state index is 0.150. The largest absolute Gasteiger partial charge is 0.462 e. The number of esters is 1. The van der Waals surface area contributed by atoms with E-state index in [2.05, 4.69) is 10.3 Å². The molecule has 2 rings (SSSR count). The molecule has 0 saturated carbocycles. The molecule has 0 bridgehead atoms. The molecule has 2 aromatic rings. The lowest BCUT2D eigenvalue weighted by molar-refractivity contribution is -0.120. The van der Waals surface area contributed by atoms with Gasteiger partial charge in [-0.05, 0) is 39.3 Å². The summed E-state index contributed by atoms with van der Waals surface area (Å²) in [6.45, 7) is 7.84. The van der Waals surface area contributed by atoms with Crippen LogP contribution in [-0.2, 0) is 16.1 Å². The molecule has 28 heavy (non-hydrogen) atoms. The lowest BCUT2D eigenvalue weighted by atomic mass is 10.1. The lowest BCUT2D eigenvalue weighted by Gasteiger charge is -2.14. The van der Waals surface area contributed by atoms with Gasteiger partial charge in [0, 0.05) is 6.54 Å². The Balaban J connectivity index is 2.07. The molecular formula is C21H23N3O3S. The van der Waals surface area contributed by atoms with E-state index in [-0.39, 0.29) is 23.6 Å². The van der Waals surface area contributed by atoms with Crippen LogP contribution in [0.3, 0.4) is 0 Å². The third-order valence-corrected chi connectivity index (χ3v) is 5.14. The average molecular weight is 398 g/mol. The number of thioether (sulfide) groups is 1. The Bertz CT molecular complexity index is 904. The first-order valence-electron chi connectivity index (χ1n) is 8.94. The number of benzene rings is 1. The van der Waals surface area contributed by atoms with Crippen molar-refractivity contribution < 1.29 is 14.3 Å². The number of nitriles is 1. The second-order valence-corrected chi connectivity index (χ2v) is 7.60. The normalized spacial score (nSPS) is 11.4. The zero-order chi connectivity index (χ0) is 20.7. The number of carbonyl (C=O) groups excluding carboxylic acids is 2. The first kappa shape index (κ1) is 21.5. The maximum Gasteiger partial charge on any atom is 0.340 e. The summed E-state index contributed by atoms with van der Waals surface area (Å²) in [6.07, 6.45) is 0. The van der Waals surface area contributed by atoms with Crippen LogP contribution in [0.4, 0.5) is 0 Å². The molecule has 1 amide bonds. The van der Waals surface area contributed by atoms with Crippen molar-refractivity contribution in [1.29, 1.82) is 5.26 Å². The number of hydrogen-bond donors (Lipinski definition) is 1. The summed E-state index contributed by atoms with van der Waals surface area (Å²) in [6, 6.07) is 11.5. The van der Waals surface area contributed by atoms with Gasteiger partial charge in [-0.3, -0.25) is 4.79 Å². The number of ether oxygens (including phenoxy) is 1. The summed E-state index contributed by atoms with van der Waals surface area (Å²) in [5.74, 6) is -0.659. The first-order chi connectivity index (χ1) is 13.3. The van der Waals surface area contributed by atoms with Gasteiger partial charge >= 0.3 is 5.97 Å². The minimum atomic E-state index is -0.510. The van der Waals surface area contributed by atoms with Crippen molar-refractivity contribution in [1.82, 2.24) is 10.3 Å². The van der Waals surface area contributed by atoms with Gasteiger partial charge in [-0.1, -0.05) is 41.6 Å². The summed E-state index contributed by atoms with van der Waals surface area (Å²) >= 11 is 1.19. The Morgan fingerprint density at radius 3 is 2.57 bits per heavy atom. The summed E-state index contributed by atoms with van der Waals surface area (Å²) in [7, 11) is 0. The van der Waals surface area contributed by atoms with Crippen molar-refractivity contribution in [2.45, 2.75) is 44.5 Å². The Morgan fingerprint density at radius 1 is 1.29 bits per heavy atom. The Kier molecular flexibility index (Phi) is 7.59. The maximum absolute atomic E-state index is 12.4. The van der Waals surface area contributed by atoms with Gasteiger partial charge in [0.2, 0.25) is 5.91 Å². The highest BCUT2D eigenvalue weighted by Crippen LogP contribution is 2.27. The van der Waals surface area contributed by atoms with Crippen LogP contribution in [0.25, 0.3) is 0 Å². The van der Waals surface area contributed by atoms with Gasteiger partial charge in [-0.2, -0.15) is 5.26 Å². The number of aryl methyl sites for hydroxylation is 2. The predicted octanol–water partition coefficient (Wildman–Crippen LogP) is 3.54. The standard InChI is InChI=1S/C21H23N3O3S/c1-5-27-21(26)18-10-17(11-22)20(24-14(18)3)28-15(4)19(25)23-12-16-8-6-13(2)7-9-16/h6-10,15H,5,12H2,1-4H3,(H,23,25)/t15-/m0/s1. The molecule has 1 aromatic carbocycles. The molecule has 1 atom stereocenters. The van der Waals surface area contributed by atoms with Gasteiger partial charge in [0.25, 0.3) is 0 Å². The highest BCUT2D eigenvalue weighted by molar-refractivity contribution is 8.00. The number of nitrogens with zero attached hydrogens (tertiary/aromatic N) is 2. The van der Waals surface area contributed by atoms with Gasteiger partial charge in [0.15, 0.2) is 0 Å². The maximum atomic E-state index is 12.4. The summed E-state index contributed by atoms with van der Waals surface area (Å²) < 4.78 is 4.99. The smallest absolute Gasteiger partial charge is 0.340 e. The van der Waals surface area contributed by atoms with Crippen LogP contribution in [-0.4, -0.2) is 28.7 Å². The second-order valence-electron chi connectivity index (χ2n) is 6.27. The molecule has 146 valence electrons. The summed E-state index contributed by atoms with van der Waals surface area (Å²) in [5, 5.41) is 12.3. The molecular weight excluding hydrogens is 374 g/mol. The minimum Gasteiger partial charge on any atom is -0.462 e. The fraction of sp³-hybridized carbons (Fsp3) is 0.333. The van der Waals surface area contributed by atoms with E-state index in [1.54, 1.807) is 20.8 Å². The van der Waals surface area contributed by atoms with Crippen molar-refractivity contribution >= 4 is 23.6 Å². The Hall–Kier alpha value is -2.85. The van der Waals surface area contributed by atoms with Crippen LogP contribution < -0.4 is 5.32 Å². The first-order valence-corrected chi connectivity index (χ1v) is 9.82. The van der Waals surface area contributed by atoms with Crippen molar-refractivity contribution in [3.63, 3.8) is 0 Å². The van der Waals surface area contributed by atoms with E-state index >= 15 is 0 Å². The van der Waals surface area contributed by atoms with Crippen LogP contribution in [0.15, 0.2) is 35.4 Å². The molecule has 1 aromatic heterocycles. The van der Waals surface area contributed by atoms with E-state index in [1.807, 2.05) is 37.3 Å². The third kappa shape index (κ3) is 5.57. The van der Waals surface area contributed by atoms with E-state index in [0.717, 1.165) is 11.1 Å². The van der Waals surface area contributed by atoms with Crippen LogP contribution in [0.2, 0.25) is 0 Å². The van der Waals surface area contributed by atoms with Crippen LogP contribution in [0.5, 0.6) is 0 Å². The number of pyridine rings is 1.